The first-order chi connectivity index (χ1) is 5.52. The van der Waals surface area contributed by atoms with E-state index < -0.39 is 7.38 Å². The van der Waals surface area contributed by atoms with Crippen molar-refractivity contribution in [2.45, 2.75) is 25.9 Å². The van der Waals surface area contributed by atoms with Gasteiger partial charge in [0.15, 0.2) is 7.38 Å². The van der Waals surface area contributed by atoms with Gasteiger partial charge in [0, 0.05) is 6.08 Å². The molecule has 0 aliphatic rings. The minimum absolute atomic E-state index is 0.382. The summed E-state index contributed by atoms with van der Waals surface area (Å²) >= 11 is 6.16. The van der Waals surface area contributed by atoms with E-state index in [4.69, 9.17) is 15.8 Å². The molecule has 0 aromatic rings. The molecule has 0 heterocycles. The van der Waals surface area contributed by atoms with Gasteiger partial charge in [0.2, 0.25) is 0 Å². The van der Waals surface area contributed by atoms with Crippen molar-refractivity contribution in [3.05, 3.63) is 12.7 Å². The van der Waals surface area contributed by atoms with Crippen LogP contribution in [-0.2, 0) is 9.53 Å². The summed E-state index contributed by atoms with van der Waals surface area (Å²) in [7, 11) is -1.80. The van der Waals surface area contributed by atoms with Crippen LogP contribution in [-0.4, -0.2) is 19.6 Å². The number of carbonyl (C=O) groups excluding carboxylic acids is 1. The molecular formula is C8H15ClO2Si. The van der Waals surface area contributed by atoms with Gasteiger partial charge in [-0.2, -0.15) is 11.1 Å². The van der Waals surface area contributed by atoms with Crippen LogP contribution in [0.25, 0.3) is 0 Å². The SMILES string of the molecule is C=CC(=O)OC[Si](C)(Cl)CCC. The van der Waals surface area contributed by atoms with Crippen LogP contribution < -0.4 is 0 Å². The first-order valence-corrected chi connectivity index (χ1v) is 7.92. The number of halogens is 1. The van der Waals surface area contributed by atoms with Crippen LogP contribution in [0.1, 0.15) is 13.3 Å². The van der Waals surface area contributed by atoms with E-state index >= 15 is 0 Å². The fourth-order valence-electron chi connectivity index (χ4n) is 0.874. The summed E-state index contributed by atoms with van der Waals surface area (Å²) in [6, 6.07) is 0.971. The van der Waals surface area contributed by atoms with Crippen molar-refractivity contribution in [1.82, 2.24) is 0 Å². The highest BCUT2D eigenvalue weighted by atomic mass is 35.6. The van der Waals surface area contributed by atoms with Gasteiger partial charge in [0.1, 0.15) is 0 Å². The largest absolute Gasteiger partial charge is 0.465 e. The molecular weight excluding hydrogens is 192 g/mol. The standard InChI is InChI=1S/C8H15ClO2Si/c1-4-6-12(3,9)7-11-8(10)5-2/h5H,2,4,6-7H2,1,3H3. The molecule has 0 spiro atoms. The Hall–Kier alpha value is -0.283. The van der Waals surface area contributed by atoms with Crippen molar-refractivity contribution < 1.29 is 9.53 Å². The highest BCUT2D eigenvalue weighted by Gasteiger charge is 2.24. The Morgan fingerprint density at radius 3 is 2.75 bits per heavy atom. The third kappa shape index (κ3) is 5.38. The third-order valence-electron chi connectivity index (χ3n) is 1.45. The Morgan fingerprint density at radius 1 is 1.75 bits per heavy atom. The second kappa shape index (κ2) is 5.38. The molecule has 1 unspecified atom stereocenters. The van der Waals surface area contributed by atoms with E-state index in [1.807, 2.05) is 6.55 Å². The Bertz CT molecular complexity index is 168. The van der Waals surface area contributed by atoms with Crippen LogP contribution >= 0.6 is 11.1 Å². The number of hydrogen-bond donors (Lipinski definition) is 0. The molecule has 0 aliphatic heterocycles. The van der Waals surface area contributed by atoms with Gasteiger partial charge in [-0.05, 0) is 6.04 Å². The van der Waals surface area contributed by atoms with Gasteiger partial charge in [0.05, 0.1) is 6.23 Å². The lowest BCUT2D eigenvalue weighted by Crippen LogP contribution is -2.30. The van der Waals surface area contributed by atoms with Crippen molar-refractivity contribution in [3.63, 3.8) is 0 Å². The Kier molecular flexibility index (Phi) is 5.25. The van der Waals surface area contributed by atoms with Crippen LogP contribution in [0.2, 0.25) is 12.6 Å². The second-order valence-electron chi connectivity index (χ2n) is 2.98. The molecule has 0 radical (unpaired) electrons. The van der Waals surface area contributed by atoms with E-state index in [0.29, 0.717) is 6.23 Å². The number of hydrogen-bond acceptors (Lipinski definition) is 2. The van der Waals surface area contributed by atoms with Crippen LogP contribution in [0, 0.1) is 0 Å². The molecule has 0 amide bonds. The van der Waals surface area contributed by atoms with E-state index in [2.05, 4.69) is 13.5 Å². The van der Waals surface area contributed by atoms with Gasteiger partial charge < -0.3 is 4.74 Å². The Morgan fingerprint density at radius 2 is 2.33 bits per heavy atom. The Balaban J connectivity index is 3.74. The zero-order chi connectivity index (χ0) is 9.61. The van der Waals surface area contributed by atoms with E-state index in [9.17, 15) is 4.79 Å². The first kappa shape index (κ1) is 11.7. The minimum atomic E-state index is -1.80. The summed E-state index contributed by atoms with van der Waals surface area (Å²) in [4.78, 5) is 10.7. The van der Waals surface area contributed by atoms with Gasteiger partial charge in [0.25, 0.3) is 0 Å². The fourth-order valence-corrected chi connectivity index (χ4v) is 3.23. The van der Waals surface area contributed by atoms with Crippen molar-refractivity contribution in [3.8, 4) is 0 Å². The summed E-state index contributed by atoms with van der Waals surface area (Å²) in [5.74, 6) is -0.384. The molecule has 4 heteroatoms. The molecule has 0 bridgehead atoms. The second-order valence-corrected chi connectivity index (χ2v) is 9.33. The average Bonchev–Trinajstić information content (AvgIpc) is 2.00. The van der Waals surface area contributed by atoms with E-state index in [1.165, 1.54) is 0 Å². The quantitative estimate of drug-likeness (QED) is 0.299. The van der Waals surface area contributed by atoms with Gasteiger partial charge >= 0.3 is 5.97 Å². The zero-order valence-electron chi connectivity index (χ0n) is 7.60. The molecule has 0 saturated carbocycles. The Labute approximate surface area is 79.3 Å². The number of rotatable bonds is 5. The maximum atomic E-state index is 10.7. The molecule has 2 nitrogen and oxygen atoms in total. The summed E-state index contributed by atoms with van der Waals surface area (Å²) in [6.45, 7) is 7.37. The predicted molar refractivity (Wildman–Crippen MR) is 53.7 cm³/mol. The predicted octanol–water partition coefficient (Wildman–Crippen LogP) is 2.48. The molecule has 0 aliphatic carbocycles. The molecule has 12 heavy (non-hydrogen) atoms. The zero-order valence-corrected chi connectivity index (χ0v) is 9.36. The van der Waals surface area contributed by atoms with Crippen molar-refractivity contribution >= 4 is 24.4 Å². The molecule has 0 aromatic heterocycles. The summed E-state index contributed by atoms with van der Waals surface area (Å²) in [6.07, 6.45) is 2.58. The van der Waals surface area contributed by atoms with Gasteiger partial charge in [-0.25, -0.2) is 4.79 Å². The van der Waals surface area contributed by atoms with Crippen LogP contribution in [0.3, 0.4) is 0 Å². The first-order valence-electron chi connectivity index (χ1n) is 4.00. The molecule has 0 fully saturated rings. The highest BCUT2D eigenvalue weighted by Crippen LogP contribution is 2.17. The normalized spacial score (nSPS) is 14.9. The van der Waals surface area contributed by atoms with Crippen LogP contribution in [0.15, 0.2) is 12.7 Å². The van der Waals surface area contributed by atoms with Crippen molar-refractivity contribution in [1.29, 1.82) is 0 Å². The van der Waals surface area contributed by atoms with Crippen LogP contribution in [0.4, 0.5) is 0 Å². The maximum Gasteiger partial charge on any atom is 0.329 e. The number of carbonyl (C=O) groups is 1. The highest BCUT2D eigenvalue weighted by molar-refractivity contribution is 7.19. The number of ether oxygens (including phenoxy) is 1. The lowest BCUT2D eigenvalue weighted by molar-refractivity contribution is -0.135. The molecule has 0 saturated heterocycles. The molecule has 0 N–H and O–H groups in total. The molecule has 70 valence electrons. The average molecular weight is 207 g/mol. The molecule has 1 atom stereocenters. The third-order valence-corrected chi connectivity index (χ3v) is 4.64. The summed E-state index contributed by atoms with van der Waals surface area (Å²) in [5.41, 5.74) is 0. The topological polar surface area (TPSA) is 26.3 Å². The summed E-state index contributed by atoms with van der Waals surface area (Å²) < 4.78 is 4.88. The summed E-state index contributed by atoms with van der Waals surface area (Å²) in [5, 5.41) is 0. The monoisotopic (exact) mass is 206 g/mol. The fraction of sp³-hybridized carbons (Fsp3) is 0.625. The van der Waals surface area contributed by atoms with Crippen LogP contribution in [0.5, 0.6) is 0 Å². The molecule has 0 rings (SSSR count). The minimum Gasteiger partial charge on any atom is -0.465 e. The van der Waals surface area contributed by atoms with Gasteiger partial charge in [-0.1, -0.05) is 26.5 Å². The van der Waals surface area contributed by atoms with Gasteiger partial charge in [-0.3, -0.25) is 0 Å². The van der Waals surface area contributed by atoms with E-state index in [1.54, 1.807) is 0 Å². The maximum absolute atomic E-state index is 10.7. The van der Waals surface area contributed by atoms with E-state index in [0.717, 1.165) is 18.5 Å². The molecule has 0 aromatic carbocycles. The van der Waals surface area contributed by atoms with E-state index in [-0.39, 0.29) is 5.97 Å². The van der Waals surface area contributed by atoms with Crippen molar-refractivity contribution in [2.24, 2.45) is 0 Å². The lowest BCUT2D eigenvalue weighted by Gasteiger charge is -2.17. The number of esters is 1. The smallest absolute Gasteiger partial charge is 0.329 e. The van der Waals surface area contributed by atoms with Gasteiger partial charge in [-0.15, -0.1) is 0 Å². The van der Waals surface area contributed by atoms with Crippen molar-refractivity contribution in [2.75, 3.05) is 6.23 Å². The lowest BCUT2D eigenvalue weighted by atomic mass is 10.6.